The summed E-state index contributed by atoms with van der Waals surface area (Å²) in [6, 6.07) is 9.55. The number of hydrogen-bond acceptors (Lipinski definition) is 4. The molecule has 0 spiro atoms. The molecule has 3 aromatic heterocycles. The van der Waals surface area contributed by atoms with Crippen LogP contribution < -0.4 is 5.32 Å². The van der Waals surface area contributed by atoms with Gasteiger partial charge in [-0.25, -0.2) is 4.98 Å². The van der Waals surface area contributed by atoms with Gasteiger partial charge in [0.15, 0.2) is 0 Å². The number of aryl methyl sites for hydroxylation is 2. The third kappa shape index (κ3) is 3.26. The van der Waals surface area contributed by atoms with Crippen LogP contribution in [0.5, 0.6) is 0 Å². The monoisotopic (exact) mass is 374 g/mol. The minimum Gasteiger partial charge on any atom is -0.348 e. The number of pyridine rings is 1. The SMILES string of the molecule is CCn1ncc(-c2cc(C(=O)NCc3cnn(C)c3)c3ccccc3n2)c1C. The lowest BCUT2D eigenvalue weighted by Crippen LogP contribution is -2.23. The molecule has 0 bridgehead atoms. The van der Waals surface area contributed by atoms with Gasteiger partial charge in [0.2, 0.25) is 0 Å². The van der Waals surface area contributed by atoms with E-state index in [0.29, 0.717) is 12.1 Å². The van der Waals surface area contributed by atoms with E-state index in [0.717, 1.165) is 40.0 Å². The van der Waals surface area contributed by atoms with Crippen LogP contribution in [0, 0.1) is 6.92 Å². The van der Waals surface area contributed by atoms with Crippen LogP contribution in [0.3, 0.4) is 0 Å². The first-order valence-electron chi connectivity index (χ1n) is 9.25. The predicted octanol–water partition coefficient (Wildman–Crippen LogP) is 3.09. The van der Waals surface area contributed by atoms with Crippen LogP contribution in [-0.2, 0) is 20.1 Å². The Kier molecular flexibility index (Phi) is 4.65. The zero-order valence-electron chi connectivity index (χ0n) is 16.2. The molecule has 1 aromatic carbocycles. The Hall–Kier alpha value is -3.48. The molecule has 1 N–H and O–H groups in total. The number of amides is 1. The predicted molar refractivity (Wildman–Crippen MR) is 108 cm³/mol. The third-order valence-corrected chi connectivity index (χ3v) is 4.85. The number of carbonyl (C=O) groups is 1. The highest BCUT2D eigenvalue weighted by molar-refractivity contribution is 6.07. The van der Waals surface area contributed by atoms with Gasteiger partial charge in [-0.05, 0) is 26.0 Å². The quantitative estimate of drug-likeness (QED) is 0.582. The normalized spacial score (nSPS) is 11.1. The number of benzene rings is 1. The van der Waals surface area contributed by atoms with Gasteiger partial charge in [0.25, 0.3) is 5.91 Å². The molecule has 0 aliphatic carbocycles. The molecule has 0 atom stereocenters. The minimum atomic E-state index is -0.135. The topological polar surface area (TPSA) is 77.6 Å². The number of aromatic nitrogens is 5. The van der Waals surface area contributed by atoms with E-state index in [1.807, 2.05) is 61.4 Å². The van der Waals surface area contributed by atoms with Crippen molar-refractivity contribution in [2.45, 2.75) is 26.9 Å². The summed E-state index contributed by atoms with van der Waals surface area (Å²) in [6.45, 7) is 5.28. The molecule has 7 heteroatoms. The van der Waals surface area contributed by atoms with Crippen molar-refractivity contribution >= 4 is 16.8 Å². The fourth-order valence-corrected chi connectivity index (χ4v) is 3.36. The van der Waals surface area contributed by atoms with E-state index in [-0.39, 0.29) is 5.91 Å². The lowest BCUT2D eigenvalue weighted by Gasteiger charge is -2.10. The molecule has 0 unspecified atom stereocenters. The Labute approximate surface area is 163 Å². The number of rotatable bonds is 5. The number of nitrogens with zero attached hydrogens (tertiary/aromatic N) is 5. The van der Waals surface area contributed by atoms with Crippen LogP contribution in [0.4, 0.5) is 0 Å². The summed E-state index contributed by atoms with van der Waals surface area (Å²) in [5.41, 5.74) is 5.07. The largest absolute Gasteiger partial charge is 0.348 e. The van der Waals surface area contributed by atoms with Crippen molar-refractivity contribution < 1.29 is 4.79 Å². The highest BCUT2D eigenvalue weighted by atomic mass is 16.1. The second-order valence-corrected chi connectivity index (χ2v) is 6.74. The summed E-state index contributed by atoms with van der Waals surface area (Å²) >= 11 is 0. The van der Waals surface area contributed by atoms with Gasteiger partial charge in [-0.2, -0.15) is 10.2 Å². The zero-order valence-corrected chi connectivity index (χ0v) is 16.2. The van der Waals surface area contributed by atoms with Crippen LogP contribution in [-0.4, -0.2) is 30.5 Å². The van der Waals surface area contributed by atoms with E-state index in [2.05, 4.69) is 22.4 Å². The van der Waals surface area contributed by atoms with Crippen molar-refractivity contribution in [3.05, 3.63) is 65.7 Å². The zero-order chi connectivity index (χ0) is 19.7. The third-order valence-electron chi connectivity index (χ3n) is 4.85. The summed E-state index contributed by atoms with van der Waals surface area (Å²) in [4.78, 5) is 17.8. The van der Waals surface area contributed by atoms with E-state index in [1.54, 1.807) is 10.9 Å². The number of carbonyl (C=O) groups excluding carboxylic acids is 1. The van der Waals surface area contributed by atoms with Crippen molar-refractivity contribution in [2.24, 2.45) is 7.05 Å². The van der Waals surface area contributed by atoms with E-state index in [1.165, 1.54) is 0 Å². The first-order chi connectivity index (χ1) is 13.6. The van der Waals surface area contributed by atoms with Crippen LogP contribution in [0.2, 0.25) is 0 Å². The van der Waals surface area contributed by atoms with Crippen molar-refractivity contribution in [3.8, 4) is 11.3 Å². The standard InChI is InChI=1S/C21H22N6O/c1-4-27-14(2)18(12-24-27)20-9-17(16-7-5-6-8-19(16)25-20)21(28)22-10-15-11-23-26(3)13-15/h5-9,11-13H,4,10H2,1-3H3,(H,22,28). The average Bonchev–Trinajstić information content (AvgIpc) is 3.30. The van der Waals surface area contributed by atoms with Crippen molar-refractivity contribution in [1.29, 1.82) is 0 Å². The summed E-state index contributed by atoms with van der Waals surface area (Å²) in [6.07, 6.45) is 5.45. The van der Waals surface area contributed by atoms with Gasteiger partial charge in [-0.3, -0.25) is 14.2 Å². The van der Waals surface area contributed by atoms with Crippen molar-refractivity contribution in [2.75, 3.05) is 0 Å². The van der Waals surface area contributed by atoms with Crippen molar-refractivity contribution in [1.82, 2.24) is 29.9 Å². The van der Waals surface area contributed by atoms with Gasteiger partial charge in [0.05, 0.1) is 29.2 Å². The number of hydrogen-bond donors (Lipinski definition) is 1. The van der Waals surface area contributed by atoms with Gasteiger partial charge >= 0.3 is 0 Å². The lowest BCUT2D eigenvalue weighted by atomic mass is 10.0. The number of para-hydroxylation sites is 1. The maximum absolute atomic E-state index is 13.0. The Bertz CT molecular complexity index is 1160. The summed E-state index contributed by atoms with van der Waals surface area (Å²) < 4.78 is 3.64. The maximum Gasteiger partial charge on any atom is 0.252 e. The first-order valence-corrected chi connectivity index (χ1v) is 9.25. The molecule has 142 valence electrons. The Balaban J connectivity index is 1.73. The second-order valence-electron chi connectivity index (χ2n) is 6.74. The Morgan fingerprint density at radius 1 is 1.18 bits per heavy atom. The van der Waals surface area contributed by atoms with Crippen LogP contribution in [0.15, 0.2) is 48.9 Å². The summed E-state index contributed by atoms with van der Waals surface area (Å²) in [7, 11) is 1.85. The van der Waals surface area contributed by atoms with Crippen LogP contribution in [0.25, 0.3) is 22.2 Å². The molecule has 7 nitrogen and oxygen atoms in total. The molecule has 0 saturated carbocycles. The van der Waals surface area contributed by atoms with Crippen LogP contribution >= 0.6 is 0 Å². The van der Waals surface area contributed by atoms with E-state index < -0.39 is 0 Å². The molecule has 4 rings (SSSR count). The molecular formula is C21H22N6O. The van der Waals surface area contributed by atoms with Gasteiger partial charge in [-0.1, -0.05) is 18.2 Å². The lowest BCUT2D eigenvalue weighted by molar-refractivity contribution is 0.0952. The fourth-order valence-electron chi connectivity index (χ4n) is 3.36. The average molecular weight is 374 g/mol. The summed E-state index contributed by atoms with van der Waals surface area (Å²) in [5.74, 6) is -0.135. The molecule has 4 aromatic rings. The van der Waals surface area contributed by atoms with Gasteiger partial charge in [-0.15, -0.1) is 0 Å². The molecular weight excluding hydrogens is 352 g/mol. The maximum atomic E-state index is 13.0. The number of nitrogens with one attached hydrogen (secondary N) is 1. The smallest absolute Gasteiger partial charge is 0.252 e. The van der Waals surface area contributed by atoms with Crippen molar-refractivity contribution in [3.63, 3.8) is 0 Å². The van der Waals surface area contributed by atoms with E-state index in [4.69, 9.17) is 4.98 Å². The molecule has 0 aliphatic heterocycles. The second kappa shape index (κ2) is 7.26. The molecule has 28 heavy (non-hydrogen) atoms. The molecule has 0 aliphatic rings. The molecule has 3 heterocycles. The first kappa shape index (κ1) is 17.9. The van der Waals surface area contributed by atoms with Gasteiger partial charge < -0.3 is 5.32 Å². The highest BCUT2D eigenvalue weighted by Crippen LogP contribution is 2.27. The van der Waals surface area contributed by atoms with E-state index >= 15 is 0 Å². The minimum absolute atomic E-state index is 0.135. The highest BCUT2D eigenvalue weighted by Gasteiger charge is 2.16. The molecule has 0 radical (unpaired) electrons. The fraction of sp³-hybridized carbons (Fsp3) is 0.238. The molecule has 1 amide bonds. The molecule has 0 fully saturated rings. The van der Waals surface area contributed by atoms with Crippen LogP contribution in [0.1, 0.15) is 28.5 Å². The molecule has 0 saturated heterocycles. The Morgan fingerprint density at radius 3 is 2.71 bits per heavy atom. The van der Waals surface area contributed by atoms with E-state index in [9.17, 15) is 4.79 Å². The van der Waals surface area contributed by atoms with Gasteiger partial charge in [0.1, 0.15) is 0 Å². The summed E-state index contributed by atoms with van der Waals surface area (Å²) in [5, 5.41) is 12.4. The number of fused-ring (bicyclic) bond motifs is 1. The Morgan fingerprint density at radius 2 is 2.00 bits per heavy atom. The van der Waals surface area contributed by atoms with Gasteiger partial charge in [0, 0.05) is 48.5 Å².